The van der Waals surface area contributed by atoms with Crippen molar-refractivity contribution in [2.45, 2.75) is 46.4 Å². The smallest absolute Gasteiger partial charge is 0.342 e. The Morgan fingerprint density at radius 1 is 1.18 bits per heavy atom. The zero-order valence-electron chi connectivity index (χ0n) is 16.7. The van der Waals surface area contributed by atoms with E-state index in [0.717, 1.165) is 11.0 Å². The van der Waals surface area contributed by atoms with Crippen LogP contribution in [0.2, 0.25) is 0 Å². The van der Waals surface area contributed by atoms with Gasteiger partial charge in [0, 0.05) is 0 Å². The Morgan fingerprint density at radius 2 is 1.89 bits per heavy atom. The Hall–Kier alpha value is -2.86. The van der Waals surface area contributed by atoms with Gasteiger partial charge in [0.15, 0.2) is 0 Å². The fraction of sp³-hybridized carbons (Fsp3) is 0.364. The van der Waals surface area contributed by atoms with E-state index in [0.29, 0.717) is 17.9 Å². The monoisotopic (exact) mass is 382 g/mol. The summed E-state index contributed by atoms with van der Waals surface area (Å²) >= 11 is 0. The van der Waals surface area contributed by atoms with Crippen molar-refractivity contribution in [2.24, 2.45) is 0 Å². The normalized spacial score (nSPS) is 12.4. The highest BCUT2D eigenvalue weighted by Gasteiger charge is 2.17. The second-order valence-corrected chi connectivity index (χ2v) is 7.24. The van der Waals surface area contributed by atoms with Crippen LogP contribution < -0.4 is 4.74 Å². The predicted molar refractivity (Wildman–Crippen MR) is 108 cm³/mol. The number of fused-ring (bicyclic) bond motifs is 1. The lowest BCUT2D eigenvalue weighted by molar-refractivity contribution is 0.0367. The maximum absolute atomic E-state index is 12.2. The number of aromatic nitrogens is 2. The lowest BCUT2D eigenvalue weighted by atomic mass is 10.1. The third kappa shape index (κ3) is 4.51. The molecule has 0 amide bonds. The molecule has 6 heteroatoms. The quantitative estimate of drug-likeness (QED) is 0.631. The summed E-state index contributed by atoms with van der Waals surface area (Å²) in [4.78, 5) is 16.6. The number of imidazole rings is 1. The molecule has 0 aliphatic rings. The molecule has 0 fully saturated rings. The molecule has 148 valence electrons. The van der Waals surface area contributed by atoms with Crippen molar-refractivity contribution >= 4 is 17.0 Å². The van der Waals surface area contributed by atoms with Gasteiger partial charge in [-0.25, -0.2) is 9.78 Å². The third-order valence-corrected chi connectivity index (χ3v) is 4.52. The molecule has 0 spiro atoms. The minimum absolute atomic E-state index is 0.0521. The fourth-order valence-corrected chi connectivity index (χ4v) is 2.96. The van der Waals surface area contributed by atoms with Gasteiger partial charge in [-0.1, -0.05) is 12.1 Å². The van der Waals surface area contributed by atoms with Crippen LogP contribution in [0, 0.1) is 13.8 Å². The number of ether oxygens (including phenoxy) is 2. The van der Waals surface area contributed by atoms with Crippen molar-refractivity contribution in [3.8, 4) is 5.75 Å². The number of benzene rings is 2. The van der Waals surface area contributed by atoms with Gasteiger partial charge in [0.25, 0.3) is 0 Å². The predicted octanol–water partition coefficient (Wildman–Crippen LogP) is 3.66. The minimum atomic E-state index is -0.756. The Balaban J connectivity index is 1.68. The molecular weight excluding hydrogens is 356 g/mol. The average Bonchev–Trinajstić information content (AvgIpc) is 3.01. The fourth-order valence-electron chi connectivity index (χ4n) is 2.96. The van der Waals surface area contributed by atoms with Crippen molar-refractivity contribution in [1.82, 2.24) is 9.55 Å². The first-order chi connectivity index (χ1) is 13.3. The van der Waals surface area contributed by atoms with Crippen molar-refractivity contribution in [2.75, 3.05) is 6.61 Å². The first-order valence-electron chi connectivity index (χ1n) is 9.38. The largest absolute Gasteiger partial charge is 0.490 e. The van der Waals surface area contributed by atoms with E-state index < -0.39 is 12.1 Å². The molecule has 1 unspecified atom stereocenters. The van der Waals surface area contributed by atoms with E-state index in [4.69, 9.17) is 9.47 Å². The molecule has 3 rings (SSSR count). The first-order valence-corrected chi connectivity index (χ1v) is 9.38. The van der Waals surface area contributed by atoms with E-state index in [-0.39, 0.29) is 12.7 Å². The number of aliphatic hydroxyl groups excluding tert-OH is 1. The van der Waals surface area contributed by atoms with Crippen LogP contribution in [0.15, 0.2) is 42.7 Å². The maximum Gasteiger partial charge on any atom is 0.342 e. The number of nitrogens with zero attached hydrogens (tertiary/aromatic N) is 2. The van der Waals surface area contributed by atoms with Crippen molar-refractivity contribution in [3.63, 3.8) is 0 Å². The highest BCUT2D eigenvalue weighted by molar-refractivity contribution is 5.92. The van der Waals surface area contributed by atoms with Crippen molar-refractivity contribution in [1.29, 1.82) is 0 Å². The molecule has 0 aliphatic heterocycles. The number of esters is 1. The Bertz CT molecular complexity index is 978. The number of carbonyl (C=O) groups excluding carboxylic acids is 1. The Labute approximate surface area is 164 Å². The highest BCUT2D eigenvalue weighted by atomic mass is 16.5. The molecule has 1 atom stereocenters. The molecule has 0 saturated heterocycles. The van der Waals surface area contributed by atoms with E-state index in [1.807, 2.05) is 10.6 Å². The molecule has 0 bridgehead atoms. The summed E-state index contributed by atoms with van der Waals surface area (Å²) < 4.78 is 12.9. The minimum Gasteiger partial charge on any atom is -0.490 e. The summed E-state index contributed by atoms with van der Waals surface area (Å²) in [6.45, 7) is 8.10. The lowest BCUT2D eigenvalue weighted by Gasteiger charge is -2.16. The van der Waals surface area contributed by atoms with Crippen LogP contribution in [-0.2, 0) is 11.3 Å². The van der Waals surface area contributed by atoms with Gasteiger partial charge in [-0.05, 0) is 63.1 Å². The van der Waals surface area contributed by atoms with Gasteiger partial charge >= 0.3 is 5.97 Å². The van der Waals surface area contributed by atoms with E-state index in [1.165, 1.54) is 11.1 Å². The van der Waals surface area contributed by atoms with Gasteiger partial charge < -0.3 is 19.1 Å². The van der Waals surface area contributed by atoms with Gasteiger partial charge in [0.05, 0.1) is 30.0 Å². The van der Waals surface area contributed by atoms with Crippen LogP contribution >= 0.6 is 0 Å². The lowest BCUT2D eigenvalue weighted by Crippen LogP contribution is -2.24. The van der Waals surface area contributed by atoms with E-state index >= 15 is 0 Å². The summed E-state index contributed by atoms with van der Waals surface area (Å²) in [6.07, 6.45) is 0.752. The maximum atomic E-state index is 12.2. The standard InChI is InChI=1S/C22H26N2O4/c1-14(2)28-22(26)18-7-5-6-8-21(18)27-12-17(25)11-24-13-23-19-9-15(3)16(4)10-20(19)24/h5-10,13-14,17,25H,11-12H2,1-4H3. The molecule has 0 radical (unpaired) electrons. The topological polar surface area (TPSA) is 73.6 Å². The molecule has 0 aliphatic carbocycles. The number of rotatable bonds is 7. The number of carbonyl (C=O) groups is 1. The molecule has 6 nitrogen and oxygen atoms in total. The van der Waals surface area contributed by atoms with E-state index in [9.17, 15) is 9.90 Å². The molecule has 3 aromatic rings. The van der Waals surface area contributed by atoms with Gasteiger partial charge in [-0.2, -0.15) is 0 Å². The molecule has 0 saturated carbocycles. The van der Waals surface area contributed by atoms with Crippen LogP contribution in [0.4, 0.5) is 0 Å². The molecule has 2 aromatic carbocycles. The number of aryl methyl sites for hydroxylation is 2. The SMILES string of the molecule is Cc1cc2ncn(CC(O)COc3ccccc3C(=O)OC(C)C)c2cc1C. The molecule has 1 N–H and O–H groups in total. The highest BCUT2D eigenvalue weighted by Crippen LogP contribution is 2.21. The van der Waals surface area contributed by atoms with Crippen LogP contribution in [0.3, 0.4) is 0 Å². The van der Waals surface area contributed by atoms with Gasteiger partial charge in [-0.15, -0.1) is 0 Å². The average molecular weight is 382 g/mol. The van der Waals surface area contributed by atoms with Crippen LogP contribution in [0.25, 0.3) is 11.0 Å². The summed E-state index contributed by atoms with van der Waals surface area (Å²) in [5.74, 6) is -0.0410. The molecule has 1 aromatic heterocycles. The van der Waals surface area contributed by atoms with Crippen molar-refractivity contribution < 1.29 is 19.4 Å². The van der Waals surface area contributed by atoms with Crippen LogP contribution in [0.5, 0.6) is 5.75 Å². The number of hydrogen-bond acceptors (Lipinski definition) is 5. The van der Waals surface area contributed by atoms with Gasteiger partial charge in [-0.3, -0.25) is 0 Å². The molecule has 28 heavy (non-hydrogen) atoms. The number of aliphatic hydroxyl groups is 1. The second kappa shape index (κ2) is 8.44. The molecular formula is C22H26N2O4. The third-order valence-electron chi connectivity index (χ3n) is 4.52. The van der Waals surface area contributed by atoms with Gasteiger partial charge in [0.2, 0.25) is 0 Å². The summed E-state index contributed by atoms with van der Waals surface area (Å²) in [5.41, 5.74) is 4.59. The Morgan fingerprint density at radius 3 is 2.64 bits per heavy atom. The first kappa shape index (κ1) is 19.9. The van der Waals surface area contributed by atoms with Crippen LogP contribution in [0.1, 0.15) is 35.3 Å². The molecule has 1 heterocycles. The summed E-state index contributed by atoms with van der Waals surface area (Å²) in [7, 11) is 0. The number of para-hydroxylation sites is 1. The summed E-state index contributed by atoms with van der Waals surface area (Å²) in [5, 5.41) is 10.5. The van der Waals surface area contributed by atoms with E-state index in [2.05, 4.69) is 24.9 Å². The van der Waals surface area contributed by atoms with Crippen molar-refractivity contribution in [3.05, 3.63) is 59.4 Å². The summed E-state index contributed by atoms with van der Waals surface area (Å²) in [6, 6.07) is 11.0. The van der Waals surface area contributed by atoms with E-state index in [1.54, 1.807) is 44.4 Å². The van der Waals surface area contributed by atoms with Gasteiger partial charge in [0.1, 0.15) is 24.0 Å². The number of hydrogen-bond donors (Lipinski definition) is 1. The van der Waals surface area contributed by atoms with Crippen LogP contribution in [-0.4, -0.2) is 39.4 Å². The Kier molecular flexibility index (Phi) is 5.99. The second-order valence-electron chi connectivity index (χ2n) is 7.24. The zero-order chi connectivity index (χ0) is 20.3. The zero-order valence-corrected chi connectivity index (χ0v) is 16.7.